The molecule has 0 aromatic heterocycles. The van der Waals surface area contributed by atoms with Gasteiger partial charge in [0.05, 0.1) is 23.9 Å². The average Bonchev–Trinajstić information content (AvgIpc) is 2.89. The van der Waals surface area contributed by atoms with E-state index in [1.165, 1.54) is 0 Å². The van der Waals surface area contributed by atoms with E-state index in [2.05, 4.69) is 0 Å². The lowest BCUT2D eigenvalue weighted by molar-refractivity contribution is -0.167. The summed E-state index contributed by atoms with van der Waals surface area (Å²) in [4.78, 5) is 0.346. The van der Waals surface area contributed by atoms with Gasteiger partial charge in [-0.1, -0.05) is 26.0 Å². The zero-order valence-electron chi connectivity index (χ0n) is 11.4. The lowest BCUT2D eigenvalue weighted by atomic mass is 10.0. The van der Waals surface area contributed by atoms with Gasteiger partial charge in [0, 0.05) is 12.0 Å². The van der Waals surface area contributed by atoms with Crippen molar-refractivity contribution in [2.75, 3.05) is 19.0 Å². The second kappa shape index (κ2) is 5.61. The van der Waals surface area contributed by atoms with Crippen molar-refractivity contribution in [1.29, 1.82) is 0 Å². The summed E-state index contributed by atoms with van der Waals surface area (Å²) in [7, 11) is -3.21. The van der Waals surface area contributed by atoms with E-state index in [4.69, 9.17) is 9.47 Å². The molecule has 2 rings (SSSR count). The van der Waals surface area contributed by atoms with Gasteiger partial charge in [0.25, 0.3) is 0 Å². The summed E-state index contributed by atoms with van der Waals surface area (Å²) < 4.78 is 35.6. The van der Waals surface area contributed by atoms with Gasteiger partial charge in [0.1, 0.15) is 0 Å². The Bertz CT molecular complexity index is 530. The average molecular weight is 284 g/mol. The second-order valence-corrected chi connectivity index (χ2v) is 6.76. The Hall–Kier alpha value is -0.910. The van der Waals surface area contributed by atoms with Gasteiger partial charge in [0.15, 0.2) is 15.6 Å². The highest BCUT2D eigenvalue weighted by Crippen LogP contribution is 2.35. The van der Waals surface area contributed by atoms with Gasteiger partial charge in [-0.3, -0.25) is 0 Å². The summed E-state index contributed by atoms with van der Waals surface area (Å²) in [6.07, 6.45) is 1.27. The Kier molecular flexibility index (Phi) is 4.28. The van der Waals surface area contributed by atoms with E-state index >= 15 is 0 Å². The van der Waals surface area contributed by atoms with Crippen LogP contribution in [0, 0.1) is 0 Å². The van der Waals surface area contributed by atoms with Crippen LogP contribution in [-0.4, -0.2) is 27.4 Å². The fourth-order valence-corrected chi connectivity index (χ4v) is 3.71. The maximum absolute atomic E-state index is 12.1. The van der Waals surface area contributed by atoms with Gasteiger partial charge in [-0.25, -0.2) is 8.42 Å². The quantitative estimate of drug-likeness (QED) is 0.833. The third-order valence-electron chi connectivity index (χ3n) is 3.33. The molecular formula is C14H20O4S. The number of hydrogen-bond donors (Lipinski definition) is 0. The van der Waals surface area contributed by atoms with Crippen LogP contribution in [0.1, 0.15) is 32.3 Å². The summed E-state index contributed by atoms with van der Waals surface area (Å²) in [5.41, 5.74) is 0.782. The van der Waals surface area contributed by atoms with Gasteiger partial charge >= 0.3 is 0 Å². The van der Waals surface area contributed by atoms with Crippen molar-refractivity contribution in [2.24, 2.45) is 0 Å². The Labute approximate surface area is 114 Å². The van der Waals surface area contributed by atoms with Crippen LogP contribution in [0.15, 0.2) is 29.2 Å². The lowest BCUT2D eigenvalue weighted by Crippen LogP contribution is -2.26. The number of ether oxygens (including phenoxy) is 2. The Morgan fingerprint density at radius 2 is 1.89 bits per heavy atom. The minimum atomic E-state index is -3.21. The third kappa shape index (κ3) is 2.83. The van der Waals surface area contributed by atoms with Crippen molar-refractivity contribution in [1.82, 2.24) is 0 Å². The largest absolute Gasteiger partial charge is 0.343 e. The number of rotatable bonds is 5. The molecule has 0 unspecified atom stereocenters. The second-order valence-electron chi connectivity index (χ2n) is 4.65. The SMILES string of the molecule is CCCS(=O)(=O)c1cccc(C2(CC)OCCO2)c1. The normalized spacial score (nSPS) is 18.6. The molecule has 1 aliphatic rings. The van der Waals surface area contributed by atoms with E-state index in [0.717, 1.165) is 5.56 Å². The predicted molar refractivity (Wildman–Crippen MR) is 72.7 cm³/mol. The lowest BCUT2D eigenvalue weighted by Gasteiger charge is -2.26. The molecule has 0 N–H and O–H groups in total. The zero-order valence-corrected chi connectivity index (χ0v) is 12.2. The first kappa shape index (κ1) is 14.5. The first-order chi connectivity index (χ1) is 9.04. The van der Waals surface area contributed by atoms with Crippen LogP contribution in [0.3, 0.4) is 0 Å². The molecule has 0 atom stereocenters. The molecule has 0 radical (unpaired) electrons. The van der Waals surface area contributed by atoms with Gasteiger partial charge in [-0.05, 0) is 18.6 Å². The van der Waals surface area contributed by atoms with Crippen molar-refractivity contribution >= 4 is 9.84 Å². The molecule has 4 nitrogen and oxygen atoms in total. The van der Waals surface area contributed by atoms with Crippen LogP contribution in [0.4, 0.5) is 0 Å². The summed E-state index contributed by atoms with van der Waals surface area (Å²) >= 11 is 0. The third-order valence-corrected chi connectivity index (χ3v) is 5.24. The molecule has 1 heterocycles. The fraction of sp³-hybridized carbons (Fsp3) is 0.571. The minimum Gasteiger partial charge on any atom is -0.343 e. The molecule has 0 bridgehead atoms. The smallest absolute Gasteiger partial charge is 0.194 e. The highest BCUT2D eigenvalue weighted by atomic mass is 32.2. The van der Waals surface area contributed by atoms with E-state index in [9.17, 15) is 8.42 Å². The molecular weight excluding hydrogens is 264 g/mol. The summed E-state index contributed by atoms with van der Waals surface area (Å²) in [6.45, 7) is 4.91. The number of benzene rings is 1. The summed E-state index contributed by atoms with van der Waals surface area (Å²) in [6, 6.07) is 6.92. The van der Waals surface area contributed by atoms with E-state index in [1.807, 2.05) is 19.9 Å². The number of hydrogen-bond acceptors (Lipinski definition) is 4. The molecule has 5 heteroatoms. The van der Waals surface area contributed by atoms with Crippen molar-refractivity contribution in [3.05, 3.63) is 29.8 Å². The van der Waals surface area contributed by atoms with Crippen molar-refractivity contribution < 1.29 is 17.9 Å². The van der Waals surface area contributed by atoms with Crippen molar-refractivity contribution in [3.8, 4) is 0 Å². The van der Waals surface area contributed by atoms with Gasteiger partial charge in [0.2, 0.25) is 0 Å². The van der Waals surface area contributed by atoms with E-state index < -0.39 is 15.6 Å². The molecule has 1 aliphatic heterocycles. The first-order valence-electron chi connectivity index (χ1n) is 6.65. The molecule has 1 aromatic rings. The van der Waals surface area contributed by atoms with Crippen molar-refractivity contribution in [3.63, 3.8) is 0 Å². The Morgan fingerprint density at radius 1 is 1.21 bits per heavy atom. The maximum Gasteiger partial charge on any atom is 0.194 e. The van der Waals surface area contributed by atoms with Crippen LogP contribution >= 0.6 is 0 Å². The molecule has 0 spiro atoms. The Morgan fingerprint density at radius 3 is 2.47 bits per heavy atom. The molecule has 19 heavy (non-hydrogen) atoms. The van der Waals surface area contributed by atoms with Crippen molar-refractivity contribution in [2.45, 2.75) is 37.4 Å². The van der Waals surface area contributed by atoms with Gasteiger partial charge < -0.3 is 9.47 Å². The van der Waals surface area contributed by atoms with Gasteiger partial charge in [-0.2, -0.15) is 0 Å². The highest BCUT2D eigenvalue weighted by molar-refractivity contribution is 7.91. The fourth-order valence-electron chi connectivity index (χ4n) is 2.34. The monoisotopic (exact) mass is 284 g/mol. The zero-order chi connectivity index (χ0) is 13.9. The molecule has 0 amide bonds. The van der Waals surface area contributed by atoms with Crippen LogP contribution in [0.2, 0.25) is 0 Å². The maximum atomic E-state index is 12.1. The summed E-state index contributed by atoms with van der Waals surface area (Å²) in [5, 5.41) is 0. The van der Waals surface area contributed by atoms with Gasteiger partial charge in [-0.15, -0.1) is 0 Å². The molecule has 1 aromatic carbocycles. The molecule has 1 saturated heterocycles. The minimum absolute atomic E-state index is 0.164. The van der Waals surface area contributed by atoms with Crippen LogP contribution in [0.25, 0.3) is 0 Å². The predicted octanol–water partition coefficient (Wildman–Crippen LogP) is 2.48. The van der Waals surface area contributed by atoms with Crippen LogP contribution in [-0.2, 0) is 25.1 Å². The highest BCUT2D eigenvalue weighted by Gasteiger charge is 2.37. The molecule has 1 fully saturated rings. The van der Waals surface area contributed by atoms with E-state index in [1.54, 1.807) is 18.2 Å². The standard InChI is InChI=1S/C14H20O4S/c1-3-10-19(15,16)13-7-5-6-12(11-13)14(4-2)17-8-9-18-14/h5-7,11H,3-4,8-10H2,1-2H3. The van der Waals surface area contributed by atoms with E-state index in [-0.39, 0.29) is 5.75 Å². The summed E-state index contributed by atoms with van der Waals surface area (Å²) in [5.74, 6) is -0.616. The molecule has 0 aliphatic carbocycles. The molecule has 106 valence electrons. The Balaban J connectivity index is 2.39. The van der Waals surface area contributed by atoms with Crippen LogP contribution in [0.5, 0.6) is 0 Å². The molecule has 0 saturated carbocycles. The topological polar surface area (TPSA) is 52.6 Å². The van der Waals surface area contributed by atoms with E-state index in [0.29, 0.717) is 31.0 Å². The first-order valence-corrected chi connectivity index (χ1v) is 8.30. The van der Waals surface area contributed by atoms with Crippen LogP contribution < -0.4 is 0 Å². The number of sulfone groups is 1.